The lowest BCUT2D eigenvalue weighted by atomic mass is 10.1. The van der Waals surface area contributed by atoms with Crippen LogP contribution in [0.3, 0.4) is 0 Å². The van der Waals surface area contributed by atoms with Crippen molar-refractivity contribution in [1.29, 1.82) is 0 Å². The lowest BCUT2D eigenvalue weighted by Crippen LogP contribution is -2.37. The molecule has 1 fully saturated rings. The third kappa shape index (κ3) is 4.77. The molecule has 1 aromatic rings. The van der Waals surface area contributed by atoms with Gasteiger partial charge in [0.15, 0.2) is 0 Å². The third-order valence-electron chi connectivity index (χ3n) is 3.68. The summed E-state index contributed by atoms with van der Waals surface area (Å²) >= 11 is 4.98. The number of rotatable bonds is 5. The number of hydrogen-bond acceptors (Lipinski definition) is 4. The third-order valence-corrected chi connectivity index (χ3v) is 3.90. The maximum atomic E-state index is 12.0. The molecule has 1 aromatic carbocycles. The number of amides is 1. The van der Waals surface area contributed by atoms with Crippen LogP contribution in [-0.2, 0) is 4.79 Å². The van der Waals surface area contributed by atoms with Crippen LogP contribution in [0.2, 0.25) is 0 Å². The predicted molar refractivity (Wildman–Crippen MR) is 87.3 cm³/mol. The Morgan fingerprint density at radius 2 is 2.05 bits per heavy atom. The molecule has 0 saturated carbocycles. The van der Waals surface area contributed by atoms with Crippen molar-refractivity contribution in [2.45, 2.75) is 25.4 Å². The first-order chi connectivity index (χ1) is 10.1. The summed E-state index contributed by atoms with van der Waals surface area (Å²) in [5.74, 6) is -0.0511. The lowest BCUT2D eigenvalue weighted by Gasteiger charge is -2.29. The zero-order valence-electron chi connectivity index (χ0n) is 11.9. The second-order valence-electron chi connectivity index (χ2n) is 5.28. The van der Waals surface area contributed by atoms with Gasteiger partial charge in [-0.05, 0) is 25.0 Å². The van der Waals surface area contributed by atoms with Gasteiger partial charge in [-0.3, -0.25) is 4.79 Å². The second-order valence-corrected chi connectivity index (χ2v) is 5.72. The summed E-state index contributed by atoms with van der Waals surface area (Å²) in [5.41, 5.74) is 6.98. The van der Waals surface area contributed by atoms with Gasteiger partial charge in [0.05, 0.1) is 11.8 Å². The van der Waals surface area contributed by atoms with Crippen LogP contribution < -0.4 is 11.1 Å². The number of aliphatic hydroxyl groups excluding tert-OH is 1. The number of benzene rings is 1. The molecule has 114 valence electrons. The van der Waals surface area contributed by atoms with Crippen molar-refractivity contribution in [3.8, 4) is 0 Å². The van der Waals surface area contributed by atoms with E-state index in [-0.39, 0.29) is 17.0 Å². The summed E-state index contributed by atoms with van der Waals surface area (Å²) in [6.07, 6.45) is 1.80. The van der Waals surface area contributed by atoms with Crippen molar-refractivity contribution in [1.82, 2.24) is 4.90 Å². The van der Waals surface area contributed by atoms with Crippen LogP contribution in [0.1, 0.15) is 24.8 Å². The van der Waals surface area contributed by atoms with E-state index < -0.39 is 0 Å². The molecule has 6 heteroatoms. The Hall–Kier alpha value is -1.50. The number of para-hydroxylation sites is 1. The van der Waals surface area contributed by atoms with Crippen LogP contribution in [0.15, 0.2) is 24.3 Å². The molecule has 0 aliphatic carbocycles. The Balaban J connectivity index is 1.83. The number of nitrogens with two attached hydrogens (primary N) is 1. The number of carbonyl (C=O) groups excluding carboxylic acids is 1. The largest absolute Gasteiger partial charge is 0.393 e. The molecule has 21 heavy (non-hydrogen) atoms. The molecule has 0 radical (unpaired) electrons. The molecule has 1 aliphatic rings. The van der Waals surface area contributed by atoms with Gasteiger partial charge in [-0.15, -0.1) is 0 Å². The highest BCUT2D eigenvalue weighted by molar-refractivity contribution is 7.80. The van der Waals surface area contributed by atoms with Crippen molar-refractivity contribution in [2.24, 2.45) is 5.73 Å². The van der Waals surface area contributed by atoms with E-state index in [9.17, 15) is 9.90 Å². The molecule has 0 aromatic heterocycles. The van der Waals surface area contributed by atoms with E-state index in [0.29, 0.717) is 24.2 Å². The zero-order valence-corrected chi connectivity index (χ0v) is 12.7. The fraction of sp³-hybridized carbons (Fsp3) is 0.467. The highest BCUT2D eigenvalue weighted by atomic mass is 32.1. The number of carbonyl (C=O) groups is 1. The molecule has 1 saturated heterocycles. The first kappa shape index (κ1) is 15.9. The zero-order chi connectivity index (χ0) is 15.2. The first-order valence-electron chi connectivity index (χ1n) is 7.15. The average Bonchev–Trinajstić information content (AvgIpc) is 2.47. The SMILES string of the molecule is NC(=S)c1ccccc1NC(=O)CCN1CCC(O)CC1. The molecule has 0 unspecified atom stereocenters. The first-order valence-corrected chi connectivity index (χ1v) is 7.56. The predicted octanol–water partition coefficient (Wildman–Crippen LogP) is 1.11. The maximum absolute atomic E-state index is 12.0. The number of anilines is 1. The standard InChI is InChI=1S/C15H21N3O2S/c16-15(21)12-3-1-2-4-13(12)17-14(20)7-10-18-8-5-11(19)6-9-18/h1-4,11,19H,5-10H2,(H2,16,21)(H,17,20). The average molecular weight is 307 g/mol. The number of piperidine rings is 1. The molecule has 0 spiro atoms. The fourth-order valence-electron chi connectivity index (χ4n) is 2.42. The molecule has 2 rings (SSSR count). The summed E-state index contributed by atoms with van der Waals surface area (Å²) in [6.45, 7) is 2.39. The van der Waals surface area contributed by atoms with Gasteiger partial charge in [-0.25, -0.2) is 0 Å². The van der Waals surface area contributed by atoms with E-state index in [2.05, 4.69) is 10.2 Å². The van der Waals surface area contributed by atoms with E-state index in [4.69, 9.17) is 18.0 Å². The minimum atomic E-state index is -0.187. The quantitative estimate of drug-likeness (QED) is 0.710. The fourth-order valence-corrected chi connectivity index (χ4v) is 2.60. The van der Waals surface area contributed by atoms with Crippen molar-refractivity contribution >= 4 is 28.8 Å². The number of nitrogens with zero attached hydrogens (tertiary/aromatic N) is 1. The van der Waals surface area contributed by atoms with Crippen LogP contribution in [0.5, 0.6) is 0 Å². The van der Waals surface area contributed by atoms with Gasteiger partial charge < -0.3 is 21.1 Å². The van der Waals surface area contributed by atoms with E-state index in [1.807, 2.05) is 12.1 Å². The molecule has 0 bridgehead atoms. The van der Waals surface area contributed by atoms with Crippen LogP contribution in [0.25, 0.3) is 0 Å². The Kier molecular flexibility index (Phi) is 5.67. The van der Waals surface area contributed by atoms with Crippen LogP contribution >= 0.6 is 12.2 Å². The lowest BCUT2D eigenvalue weighted by molar-refractivity contribution is -0.116. The number of likely N-dealkylation sites (tertiary alicyclic amines) is 1. The van der Waals surface area contributed by atoms with Gasteiger partial charge in [0.1, 0.15) is 4.99 Å². The molecule has 5 nitrogen and oxygen atoms in total. The Morgan fingerprint density at radius 3 is 2.71 bits per heavy atom. The normalized spacial score (nSPS) is 16.6. The summed E-state index contributed by atoms with van der Waals surface area (Å²) in [7, 11) is 0. The monoisotopic (exact) mass is 307 g/mol. The van der Waals surface area contributed by atoms with Crippen LogP contribution in [0, 0.1) is 0 Å². The van der Waals surface area contributed by atoms with Gasteiger partial charge in [-0.2, -0.15) is 0 Å². The summed E-state index contributed by atoms with van der Waals surface area (Å²) in [5, 5.41) is 12.3. The van der Waals surface area contributed by atoms with Gasteiger partial charge in [0, 0.05) is 31.6 Å². The number of hydrogen-bond donors (Lipinski definition) is 3. The van der Waals surface area contributed by atoms with Gasteiger partial charge in [0.2, 0.25) is 5.91 Å². The smallest absolute Gasteiger partial charge is 0.225 e. The molecule has 1 amide bonds. The molecule has 0 atom stereocenters. The number of thiocarbonyl (C=S) groups is 1. The molecule has 1 heterocycles. The van der Waals surface area contributed by atoms with Crippen molar-refractivity contribution < 1.29 is 9.90 Å². The highest BCUT2D eigenvalue weighted by Crippen LogP contribution is 2.15. The number of aliphatic hydroxyl groups is 1. The van der Waals surface area contributed by atoms with E-state index in [1.54, 1.807) is 12.1 Å². The minimum absolute atomic E-state index is 0.0511. The van der Waals surface area contributed by atoms with Crippen LogP contribution in [-0.4, -0.2) is 46.6 Å². The van der Waals surface area contributed by atoms with Gasteiger partial charge in [0.25, 0.3) is 0 Å². The van der Waals surface area contributed by atoms with Crippen LogP contribution in [0.4, 0.5) is 5.69 Å². The second kappa shape index (κ2) is 7.49. The van der Waals surface area contributed by atoms with Crippen molar-refractivity contribution in [2.75, 3.05) is 25.0 Å². The van der Waals surface area contributed by atoms with E-state index in [1.165, 1.54) is 0 Å². The molecule has 1 aliphatic heterocycles. The minimum Gasteiger partial charge on any atom is -0.393 e. The highest BCUT2D eigenvalue weighted by Gasteiger charge is 2.17. The Morgan fingerprint density at radius 1 is 1.38 bits per heavy atom. The summed E-state index contributed by atoms with van der Waals surface area (Å²) in [6, 6.07) is 7.26. The van der Waals surface area contributed by atoms with Crippen molar-refractivity contribution in [3.63, 3.8) is 0 Å². The summed E-state index contributed by atoms with van der Waals surface area (Å²) < 4.78 is 0. The summed E-state index contributed by atoms with van der Waals surface area (Å²) in [4.78, 5) is 14.5. The van der Waals surface area contributed by atoms with Gasteiger partial charge >= 0.3 is 0 Å². The number of nitrogens with one attached hydrogen (secondary N) is 1. The molecule has 4 N–H and O–H groups in total. The van der Waals surface area contributed by atoms with E-state index in [0.717, 1.165) is 25.9 Å². The molecular weight excluding hydrogens is 286 g/mol. The van der Waals surface area contributed by atoms with Gasteiger partial charge in [-0.1, -0.05) is 24.4 Å². The van der Waals surface area contributed by atoms with E-state index >= 15 is 0 Å². The molecular formula is C15H21N3O2S. The Labute approximate surface area is 130 Å². The maximum Gasteiger partial charge on any atom is 0.225 e. The topological polar surface area (TPSA) is 78.6 Å². The van der Waals surface area contributed by atoms with Crippen molar-refractivity contribution in [3.05, 3.63) is 29.8 Å². The Bertz CT molecular complexity index is 513.